The lowest BCUT2D eigenvalue weighted by atomic mass is 10.1. The lowest BCUT2D eigenvalue weighted by Gasteiger charge is -2.14. The van der Waals surface area contributed by atoms with E-state index in [1.165, 1.54) is 0 Å². The second-order valence-electron chi connectivity index (χ2n) is 4.88. The SMILES string of the molecule is C/C=C\N=C(C)c1nc(C)c(CC)c(NC(/C=C\C)=C/C)n1. The summed E-state index contributed by atoms with van der Waals surface area (Å²) in [5.41, 5.74) is 3.94. The number of nitrogens with zero attached hydrogens (tertiary/aromatic N) is 3. The molecular formula is C18H26N4. The van der Waals surface area contributed by atoms with E-state index < -0.39 is 0 Å². The van der Waals surface area contributed by atoms with Crippen LogP contribution in [-0.4, -0.2) is 15.7 Å². The molecule has 0 aromatic carbocycles. The number of hydrogen-bond acceptors (Lipinski definition) is 4. The highest BCUT2D eigenvalue weighted by atomic mass is 15.1. The lowest BCUT2D eigenvalue weighted by molar-refractivity contribution is 0.982. The van der Waals surface area contributed by atoms with Gasteiger partial charge in [-0.1, -0.05) is 25.2 Å². The van der Waals surface area contributed by atoms with Gasteiger partial charge in [-0.3, -0.25) is 4.99 Å². The van der Waals surface area contributed by atoms with Crippen LogP contribution in [0.15, 0.2) is 41.2 Å². The molecule has 118 valence electrons. The number of nitrogens with one attached hydrogen (secondary N) is 1. The van der Waals surface area contributed by atoms with Crippen LogP contribution in [0.2, 0.25) is 0 Å². The van der Waals surface area contributed by atoms with Gasteiger partial charge in [-0.25, -0.2) is 9.97 Å². The third kappa shape index (κ3) is 4.65. The van der Waals surface area contributed by atoms with Gasteiger partial charge >= 0.3 is 0 Å². The molecule has 22 heavy (non-hydrogen) atoms. The number of rotatable bonds is 6. The summed E-state index contributed by atoms with van der Waals surface area (Å²) in [6.45, 7) is 12.0. The molecular weight excluding hydrogens is 272 g/mol. The van der Waals surface area contributed by atoms with Crippen molar-refractivity contribution in [1.82, 2.24) is 9.97 Å². The van der Waals surface area contributed by atoms with Gasteiger partial charge in [0.25, 0.3) is 0 Å². The molecule has 1 heterocycles. The van der Waals surface area contributed by atoms with Gasteiger partial charge in [0, 0.05) is 23.2 Å². The van der Waals surface area contributed by atoms with Gasteiger partial charge in [-0.15, -0.1) is 0 Å². The van der Waals surface area contributed by atoms with E-state index in [0.29, 0.717) is 5.82 Å². The Balaban J connectivity index is 3.32. The molecule has 0 saturated heterocycles. The summed E-state index contributed by atoms with van der Waals surface area (Å²) in [5.74, 6) is 1.51. The first-order valence-electron chi connectivity index (χ1n) is 7.66. The van der Waals surface area contributed by atoms with Crippen molar-refractivity contribution in [3.8, 4) is 0 Å². The quantitative estimate of drug-likeness (QED) is 0.617. The molecule has 0 bridgehead atoms. The van der Waals surface area contributed by atoms with Crippen molar-refractivity contribution < 1.29 is 0 Å². The molecule has 0 amide bonds. The highest BCUT2D eigenvalue weighted by Gasteiger charge is 2.12. The van der Waals surface area contributed by atoms with E-state index in [-0.39, 0.29) is 0 Å². The smallest absolute Gasteiger partial charge is 0.175 e. The van der Waals surface area contributed by atoms with E-state index >= 15 is 0 Å². The summed E-state index contributed by atoms with van der Waals surface area (Å²) in [6, 6.07) is 0. The Labute approximate surface area is 133 Å². The molecule has 0 fully saturated rings. The third-order valence-corrected chi connectivity index (χ3v) is 3.23. The Morgan fingerprint density at radius 3 is 2.45 bits per heavy atom. The average Bonchev–Trinajstić information content (AvgIpc) is 2.51. The van der Waals surface area contributed by atoms with Crippen LogP contribution >= 0.6 is 0 Å². The first-order valence-corrected chi connectivity index (χ1v) is 7.66. The molecule has 1 N–H and O–H groups in total. The van der Waals surface area contributed by atoms with Crippen LogP contribution in [0.5, 0.6) is 0 Å². The molecule has 0 aliphatic carbocycles. The van der Waals surface area contributed by atoms with E-state index in [1.807, 2.05) is 58.9 Å². The van der Waals surface area contributed by atoms with Crippen molar-refractivity contribution in [2.75, 3.05) is 5.32 Å². The van der Waals surface area contributed by atoms with Crippen molar-refractivity contribution in [2.45, 2.75) is 48.0 Å². The predicted molar refractivity (Wildman–Crippen MR) is 95.4 cm³/mol. The maximum Gasteiger partial charge on any atom is 0.175 e. The van der Waals surface area contributed by atoms with E-state index in [0.717, 1.165) is 34.9 Å². The molecule has 0 atom stereocenters. The summed E-state index contributed by atoms with van der Waals surface area (Å²) in [5, 5.41) is 3.39. The zero-order valence-electron chi connectivity index (χ0n) is 14.4. The molecule has 1 rings (SSSR count). The largest absolute Gasteiger partial charge is 0.340 e. The molecule has 0 spiro atoms. The molecule has 0 aliphatic heterocycles. The molecule has 0 aliphatic rings. The second kappa shape index (κ2) is 8.93. The molecule has 4 heteroatoms. The standard InChI is InChI=1S/C18H26N4/c1-7-11-15(9-3)21-18-16(10-4)13(5)20-17(22-18)14(6)19-12-8-2/h7-9,11-12H,10H2,1-6H3,(H,20,21,22)/b11-7-,12-8-,15-9+,19-14?. The van der Waals surface area contributed by atoms with Gasteiger partial charge < -0.3 is 5.32 Å². The number of aromatic nitrogens is 2. The minimum Gasteiger partial charge on any atom is -0.340 e. The van der Waals surface area contributed by atoms with Crippen molar-refractivity contribution in [2.24, 2.45) is 4.99 Å². The zero-order valence-corrected chi connectivity index (χ0v) is 14.4. The minimum absolute atomic E-state index is 0.659. The minimum atomic E-state index is 0.659. The predicted octanol–water partition coefficient (Wildman–Crippen LogP) is 4.58. The average molecular weight is 298 g/mol. The van der Waals surface area contributed by atoms with Gasteiger partial charge in [0.15, 0.2) is 5.82 Å². The van der Waals surface area contributed by atoms with Crippen LogP contribution in [0.4, 0.5) is 5.82 Å². The van der Waals surface area contributed by atoms with Crippen molar-refractivity contribution in [3.05, 3.63) is 53.3 Å². The number of allylic oxidation sites excluding steroid dienone is 4. The van der Waals surface area contributed by atoms with Crippen LogP contribution in [-0.2, 0) is 6.42 Å². The molecule has 4 nitrogen and oxygen atoms in total. The van der Waals surface area contributed by atoms with E-state index in [9.17, 15) is 0 Å². The third-order valence-electron chi connectivity index (χ3n) is 3.23. The van der Waals surface area contributed by atoms with E-state index in [4.69, 9.17) is 0 Å². The highest BCUT2D eigenvalue weighted by molar-refractivity contribution is 5.96. The summed E-state index contributed by atoms with van der Waals surface area (Å²) in [6.07, 6.45) is 10.6. The lowest BCUT2D eigenvalue weighted by Crippen LogP contribution is -2.12. The Morgan fingerprint density at radius 1 is 1.18 bits per heavy atom. The molecule has 0 saturated carbocycles. The van der Waals surface area contributed by atoms with Crippen LogP contribution in [0, 0.1) is 6.92 Å². The Hall–Kier alpha value is -2.23. The summed E-state index contributed by atoms with van der Waals surface area (Å²) >= 11 is 0. The van der Waals surface area contributed by atoms with Crippen LogP contribution in [0.3, 0.4) is 0 Å². The first kappa shape index (κ1) is 17.8. The topological polar surface area (TPSA) is 50.2 Å². The fourth-order valence-corrected chi connectivity index (χ4v) is 2.05. The maximum atomic E-state index is 4.67. The summed E-state index contributed by atoms with van der Waals surface area (Å²) in [7, 11) is 0. The van der Waals surface area contributed by atoms with E-state index in [1.54, 1.807) is 6.20 Å². The summed E-state index contributed by atoms with van der Waals surface area (Å²) in [4.78, 5) is 13.6. The number of aryl methyl sites for hydroxylation is 1. The zero-order chi connectivity index (χ0) is 16.5. The van der Waals surface area contributed by atoms with Crippen LogP contribution in [0.1, 0.15) is 51.7 Å². The fourth-order valence-electron chi connectivity index (χ4n) is 2.05. The molecule has 0 unspecified atom stereocenters. The molecule has 1 aromatic heterocycles. The molecule has 0 radical (unpaired) electrons. The number of hydrogen-bond donors (Lipinski definition) is 1. The van der Waals surface area contributed by atoms with Crippen molar-refractivity contribution >= 4 is 11.5 Å². The van der Waals surface area contributed by atoms with Gasteiger partial charge in [-0.2, -0.15) is 0 Å². The molecule has 1 aromatic rings. The maximum absolute atomic E-state index is 4.67. The van der Waals surface area contributed by atoms with Gasteiger partial charge in [0.05, 0.1) is 5.71 Å². The Kier molecular flexibility index (Phi) is 7.23. The monoisotopic (exact) mass is 298 g/mol. The Bertz CT molecular complexity index is 622. The first-order chi connectivity index (χ1) is 10.6. The van der Waals surface area contributed by atoms with E-state index in [2.05, 4.69) is 27.2 Å². The van der Waals surface area contributed by atoms with Gasteiger partial charge in [-0.05, 0) is 47.1 Å². The normalized spacial score (nSPS) is 13.4. The van der Waals surface area contributed by atoms with Crippen molar-refractivity contribution in [1.29, 1.82) is 0 Å². The second-order valence-corrected chi connectivity index (χ2v) is 4.88. The van der Waals surface area contributed by atoms with Crippen molar-refractivity contribution in [3.63, 3.8) is 0 Å². The summed E-state index contributed by atoms with van der Waals surface area (Å²) < 4.78 is 0. The van der Waals surface area contributed by atoms with Crippen LogP contribution < -0.4 is 5.32 Å². The number of anilines is 1. The Morgan fingerprint density at radius 2 is 1.91 bits per heavy atom. The van der Waals surface area contributed by atoms with Crippen LogP contribution in [0.25, 0.3) is 0 Å². The van der Waals surface area contributed by atoms with Gasteiger partial charge in [0.2, 0.25) is 0 Å². The van der Waals surface area contributed by atoms with Gasteiger partial charge in [0.1, 0.15) is 5.82 Å². The fraction of sp³-hybridized carbons (Fsp3) is 0.389. The highest BCUT2D eigenvalue weighted by Crippen LogP contribution is 2.19. The number of aliphatic imine (C=N–C) groups is 1.